The second kappa shape index (κ2) is 5.36. The van der Waals surface area contributed by atoms with Gasteiger partial charge in [-0.3, -0.25) is 0 Å². The molecule has 1 aromatic rings. The Balaban J connectivity index is 2.22. The molecule has 17 heavy (non-hydrogen) atoms. The fourth-order valence-corrected chi connectivity index (χ4v) is 2.28. The zero-order chi connectivity index (χ0) is 12.3. The summed E-state index contributed by atoms with van der Waals surface area (Å²) >= 11 is 0. The topological polar surface area (TPSA) is 30.5 Å². The minimum Gasteiger partial charge on any atom is -0.496 e. The molecule has 0 aliphatic carbocycles. The summed E-state index contributed by atoms with van der Waals surface area (Å²) in [5.74, 6) is 0.586. The van der Waals surface area contributed by atoms with Gasteiger partial charge in [-0.15, -0.1) is 0 Å². The van der Waals surface area contributed by atoms with Crippen LogP contribution in [0.15, 0.2) is 12.1 Å². The highest BCUT2D eigenvalue weighted by molar-refractivity contribution is 5.42. The summed E-state index contributed by atoms with van der Waals surface area (Å²) in [5, 5.41) is 3.40. The molecule has 0 aromatic heterocycles. The number of halogens is 1. The third kappa shape index (κ3) is 2.69. The Morgan fingerprint density at radius 1 is 1.29 bits per heavy atom. The number of benzene rings is 1. The van der Waals surface area contributed by atoms with Crippen LogP contribution in [0.25, 0.3) is 0 Å². The van der Waals surface area contributed by atoms with Crippen molar-refractivity contribution in [1.29, 1.82) is 0 Å². The van der Waals surface area contributed by atoms with E-state index in [0.717, 1.165) is 24.9 Å². The second-order valence-electron chi connectivity index (χ2n) is 4.30. The van der Waals surface area contributed by atoms with Crippen molar-refractivity contribution in [1.82, 2.24) is 5.32 Å². The molecule has 1 aliphatic rings. The molecule has 1 saturated heterocycles. The molecule has 3 nitrogen and oxygen atoms in total. The van der Waals surface area contributed by atoms with Crippen molar-refractivity contribution in [2.45, 2.75) is 25.3 Å². The molecular formula is C13H18FNO2. The smallest absolute Gasteiger partial charge is 0.165 e. The normalized spacial score (nSPS) is 19.4. The number of rotatable bonds is 4. The van der Waals surface area contributed by atoms with Crippen LogP contribution in [0.4, 0.5) is 4.39 Å². The predicted molar refractivity (Wildman–Crippen MR) is 64.2 cm³/mol. The first-order valence-corrected chi connectivity index (χ1v) is 5.88. The van der Waals surface area contributed by atoms with Crippen LogP contribution in [-0.2, 0) is 6.42 Å². The van der Waals surface area contributed by atoms with E-state index in [1.54, 1.807) is 13.2 Å². The Morgan fingerprint density at radius 3 is 2.65 bits per heavy atom. The van der Waals surface area contributed by atoms with Crippen LogP contribution in [0, 0.1) is 5.82 Å². The second-order valence-corrected chi connectivity index (χ2v) is 4.30. The SMILES string of the molecule is COc1cc(OC)c(CC2CCCN2)cc1F. The summed E-state index contributed by atoms with van der Waals surface area (Å²) in [7, 11) is 3.05. The molecule has 1 aliphatic heterocycles. The molecule has 1 aromatic carbocycles. The van der Waals surface area contributed by atoms with Crippen molar-refractivity contribution in [3.63, 3.8) is 0 Å². The lowest BCUT2D eigenvalue weighted by Crippen LogP contribution is -2.23. The monoisotopic (exact) mass is 239 g/mol. The molecule has 0 amide bonds. The Kier molecular flexibility index (Phi) is 3.84. The quantitative estimate of drug-likeness (QED) is 0.873. The van der Waals surface area contributed by atoms with Crippen LogP contribution in [0.3, 0.4) is 0 Å². The minimum absolute atomic E-state index is 0.227. The molecule has 2 rings (SSSR count). The Labute approximate surface area is 101 Å². The van der Waals surface area contributed by atoms with Crippen LogP contribution in [0.5, 0.6) is 11.5 Å². The molecule has 1 heterocycles. The molecule has 4 heteroatoms. The maximum atomic E-state index is 13.6. The molecule has 0 radical (unpaired) electrons. The lowest BCUT2D eigenvalue weighted by Gasteiger charge is -2.15. The van der Waals surface area contributed by atoms with E-state index in [0.29, 0.717) is 11.8 Å². The van der Waals surface area contributed by atoms with E-state index >= 15 is 0 Å². The van der Waals surface area contributed by atoms with Crippen LogP contribution >= 0.6 is 0 Å². The summed E-state index contributed by atoms with van der Waals surface area (Å²) in [6, 6.07) is 3.55. The van der Waals surface area contributed by atoms with Gasteiger partial charge in [0.05, 0.1) is 14.2 Å². The zero-order valence-corrected chi connectivity index (χ0v) is 10.3. The number of nitrogens with one attached hydrogen (secondary N) is 1. The summed E-state index contributed by atoms with van der Waals surface area (Å²) < 4.78 is 23.9. The molecule has 1 N–H and O–H groups in total. The van der Waals surface area contributed by atoms with E-state index in [-0.39, 0.29) is 11.6 Å². The van der Waals surface area contributed by atoms with Gasteiger partial charge in [-0.2, -0.15) is 0 Å². The average molecular weight is 239 g/mol. The van der Waals surface area contributed by atoms with Gasteiger partial charge in [-0.25, -0.2) is 4.39 Å². The van der Waals surface area contributed by atoms with Gasteiger partial charge < -0.3 is 14.8 Å². The highest BCUT2D eigenvalue weighted by Gasteiger charge is 2.18. The fourth-order valence-electron chi connectivity index (χ4n) is 2.28. The van der Waals surface area contributed by atoms with Gasteiger partial charge >= 0.3 is 0 Å². The first-order chi connectivity index (χ1) is 8.24. The lowest BCUT2D eigenvalue weighted by atomic mass is 10.0. The molecule has 1 fully saturated rings. The van der Waals surface area contributed by atoms with Crippen molar-refractivity contribution in [3.8, 4) is 11.5 Å². The van der Waals surface area contributed by atoms with Crippen molar-refractivity contribution < 1.29 is 13.9 Å². The molecular weight excluding hydrogens is 221 g/mol. The Bertz CT molecular complexity index is 389. The molecule has 1 atom stereocenters. The summed E-state index contributed by atoms with van der Waals surface area (Å²) in [6.07, 6.45) is 3.12. The van der Waals surface area contributed by atoms with Crippen molar-refractivity contribution >= 4 is 0 Å². The highest BCUT2D eigenvalue weighted by atomic mass is 19.1. The fraction of sp³-hybridized carbons (Fsp3) is 0.538. The van der Waals surface area contributed by atoms with E-state index in [9.17, 15) is 4.39 Å². The average Bonchev–Trinajstić information content (AvgIpc) is 2.82. The van der Waals surface area contributed by atoms with Gasteiger partial charge in [0.15, 0.2) is 11.6 Å². The van der Waals surface area contributed by atoms with Crippen molar-refractivity contribution in [2.75, 3.05) is 20.8 Å². The molecule has 1 unspecified atom stereocenters. The van der Waals surface area contributed by atoms with Gasteiger partial charge in [0.1, 0.15) is 5.75 Å². The van der Waals surface area contributed by atoms with Gasteiger partial charge in [0.25, 0.3) is 0 Å². The van der Waals surface area contributed by atoms with Crippen LogP contribution < -0.4 is 14.8 Å². The van der Waals surface area contributed by atoms with Crippen LogP contribution in [0.2, 0.25) is 0 Å². The maximum absolute atomic E-state index is 13.6. The van der Waals surface area contributed by atoms with E-state index < -0.39 is 0 Å². The van der Waals surface area contributed by atoms with Gasteiger partial charge in [0.2, 0.25) is 0 Å². The summed E-state index contributed by atoms with van der Waals surface area (Å²) in [6.45, 7) is 1.05. The molecule has 0 spiro atoms. The lowest BCUT2D eigenvalue weighted by molar-refractivity contribution is 0.370. The van der Waals surface area contributed by atoms with Gasteiger partial charge in [-0.05, 0) is 37.4 Å². The highest BCUT2D eigenvalue weighted by Crippen LogP contribution is 2.29. The largest absolute Gasteiger partial charge is 0.496 e. The number of hydrogen-bond acceptors (Lipinski definition) is 3. The van der Waals surface area contributed by atoms with Gasteiger partial charge in [-0.1, -0.05) is 0 Å². The minimum atomic E-state index is -0.332. The summed E-state index contributed by atoms with van der Waals surface area (Å²) in [4.78, 5) is 0. The summed E-state index contributed by atoms with van der Waals surface area (Å²) in [5.41, 5.74) is 0.894. The van der Waals surface area contributed by atoms with Gasteiger partial charge in [0, 0.05) is 12.1 Å². The zero-order valence-electron chi connectivity index (χ0n) is 10.3. The van der Waals surface area contributed by atoms with Crippen LogP contribution in [-0.4, -0.2) is 26.8 Å². The van der Waals surface area contributed by atoms with E-state index in [4.69, 9.17) is 9.47 Å². The third-order valence-corrected chi connectivity index (χ3v) is 3.18. The van der Waals surface area contributed by atoms with Crippen molar-refractivity contribution in [3.05, 3.63) is 23.5 Å². The number of methoxy groups -OCH3 is 2. The third-order valence-electron chi connectivity index (χ3n) is 3.18. The standard InChI is InChI=1S/C13H18FNO2/c1-16-12-8-13(17-2)11(14)7-9(12)6-10-4-3-5-15-10/h7-8,10,15H,3-6H2,1-2H3. The number of ether oxygens (including phenoxy) is 2. The molecule has 94 valence electrons. The van der Waals surface area contributed by atoms with E-state index in [1.807, 2.05) is 0 Å². The molecule has 0 saturated carbocycles. The van der Waals surface area contributed by atoms with Crippen LogP contribution in [0.1, 0.15) is 18.4 Å². The Morgan fingerprint density at radius 2 is 2.06 bits per heavy atom. The first kappa shape index (κ1) is 12.2. The van der Waals surface area contributed by atoms with E-state index in [1.165, 1.54) is 19.6 Å². The predicted octanol–water partition coefficient (Wildman–Crippen LogP) is 2.14. The first-order valence-electron chi connectivity index (χ1n) is 5.88. The Hall–Kier alpha value is -1.29. The van der Waals surface area contributed by atoms with E-state index in [2.05, 4.69) is 5.32 Å². The maximum Gasteiger partial charge on any atom is 0.165 e. The van der Waals surface area contributed by atoms with Crippen molar-refractivity contribution in [2.24, 2.45) is 0 Å². The number of hydrogen-bond donors (Lipinski definition) is 1. The molecule has 0 bridgehead atoms.